The molecule has 0 aliphatic heterocycles. The van der Waals surface area contributed by atoms with Crippen molar-refractivity contribution in [3.8, 4) is 0 Å². The molecule has 21 heavy (non-hydrogen) atoms. The summed E-state index contributed by atoms with van der Waals surface area (Å²) in [5.41, 5.74) is 0. The number of halogens is 1. The van der Waals surface area contributed by atoms with E-state index in [4.69, 9.17) is 0 Å². The highest BCUT2D eigenvalue weighted by molar-refractivity contribution is 14.0. The maximum atomic E-state index is 4.61. The summed E-state index contributed by atoms with van der Waals surface area (Å²) < 4.78 is 2.15. The fraction of sp³-hybridized carbons (Fsp3) is 0.400. The van der Waals surface area contributed by atoms with E-state index in [1.807, 2.05) is 12.1 Å². The Morgan fingerprint density at radius 3 is 2.62 bits per heavy atom. The Labute approximate surface area is 147 Å². The second-order valence-electron chi connectivity index (χ2n) is 4.56. The highest BCUT2D eigenvalue weighted by atomic mass is 127. The van der Waals surface area contributed by atoms with Crippen molar-refractivity contribution < 1.29 is 0 Å². The SMILES string of the molecule is CCNC(=NCc1ccc(C)s1)NCCn1cccc1.I. The van der Waals surface area contributed by atoms with E-state index in [0.29, 0.717) is 0 Å². The quantitative estimate of drug-likeness (QED) is 0.430. The summed E-state index contributed by atoms with van der Waals surface area (Å²) in [4.78, 5) is 7.24. The Balaban J connectivity index is 0.00000220. The van der Waals surface area contributed by atoms with Gasteiger partial charge in [-0.25, -0.2) is 4.99 Å². The van der Waals surface area contributed by atoms with Crippen LogP contribution in [0, 0.1) is 6.92 Å². The lowest BCUT2D eigenvalue weighted by Gasteiger charge is -2.11. The lowest BCUT2D eigenvalue weighted by Crippen LogP contribution is -2.38. The van der Waals surface area contributed by atoms with Crippen LogP contribution in [0.5, 0.6) is 0 Å². The predicted octanol–water partition coefficient (Wildman–Crippen LogP) is 3.23. The molecule has 2 aromatic heterocycles. The molecule has 2 aromatic rings. The number of aromatic nitrogens is 1. The largest absolute Gasteiger partial charge is 0.357 e. The third kappa shape index (κ3) is 6.52. The van der Waals surface area contributed by atoms with Gasteiger partial charge in [0.1, 0.15) is 0 Å². The first-order valence-corrected chi connectivity index (χ1v) is 7.78. The van der Waals surface area contributed by atoms with E-state index in [-0.39, 0.29) is 24.0 Å². The normalized spacial score (nSPS) is 11.0. The number of hydrogen-bond acceptors (Lipinski definition) is 2. The lowest BCUT2D eigenvalue weighted by atomic mass is 10.4. The van der Waals surface area contributed by atoms with E-state index >= 15 is 0 Å². The second kappa shape index (κ2) is 9.83. The van der Waals surface area contributed by atoms with Gasteiger partial charge in [-0.1, -0.05) is 0 Å². The number of hydrogen-bond donors (Lipinski definition) is 2. The van der Waals surface area contributed by atoms with E-state index < -0.39 is 0 Å². The zero-order valence-electron chi connectivity index (χ0n) is 12.5. The van der Waals surface area contributed by atoms with Crippen molar-refractivity contribution >= 4 is 41.3 Å². The van der Waals surface area contributed by atoms with Crippen LogP contribution in [0.25, 0.3) is 0 Å². The minimum Gasteiger partial charge on any atom is -0.357 e. The van der Waals surface area contributed by atoms with E-state index in [1.54, 1.807) is 11.3 Å². The van der Waals surface area contributed by atoms with Crippen LogP contribution < -0.4 is 10.6 Å². The van der Waals surface area contributed by atoms with Crippen LogP contribution in [0.15, 0.2) is 41.7 Å². The molecule has 0 saturated heterocycles. The number of thiophene rings is 1. The van der Waals surface area contributed by atoms with Gasteiger partial charge in [-0.15, -0.1) is 35.3 Å². The third-order valence-electron chi connectivity index (χ3n) is 2.86. The van der Waals surface area contributed by atoms with Gasteiger partial charge in [0, 0.05) is 41.8 Å². The summed E-state index contributed by atoms with van der Waals surface area (Å²) in [6, 6.07) is 8.37. The van der Waals surface area contributed by atoms with Crippen molar-refractivity contribution in [3.63, 3.8) is 0 Å². The number of nitrogens with zero attached hydrogens (tertiary/aromatic N) is 2. The van der Waals surface area contributed by atoms with Gasteiger partial charge in [0.2, 0.25) is 0 Å². The van der Waals surface area contributed by atoms with Gasteiger partial charge in [-0.05, 0) is 38.1 Å². The van der Waals surface area contributed by atoms with E-state index in [0.717, 1.165) is 32.1 Å². The summed E-state index contributed by atoms with van der Waals surface area (Å²) in [7, 11) is 0. The van der Waals surface area contributed by atoms with Gasteiger partial charge in [0.05, 0.1) is 6.54 Å². The molecular formula is C15H23IN4S. The first kappa shape index (κ1) is 18.0. The molecular weight excluding hydrogens is 395 g/mol. The molecule has 116 valence electrons. The van der Waals surface area contributed by atoms with Crippen LogP contribution in [0.4, 0.5) is 0 Å². The van der Waals surface area contributed by atoms with Gasteiger partial charge in [-0.2, -0.15) is 0 Å². The molecule has 0 radical (unpaired) electrons. The Morgan fingerprint density at radius 2 is 2.00 bits per heavy atom. The summed E-state index contributed by atoms with van der Waals surface area (Å²) >= 11 is 1.80. The molecule has 0 aliphatic rings. The molecule has 0 atom stereocenters. The summed E-state index contributed by atoms with van der Waals surface area (Å²) in [5.74, 6) is 0.880. The Morgan fingerprint density at radius 1 is 1.24 bits per heavy atom. The van der Waals surface area contributed by atoms with Crippen molar-refractivity contribution in [2.75, 3.05) is 13.1 Å². The monoisotopic (exact) mass is 418 g/mol. The molecule has 4 nitrogen and oxygen atoms in total. The maximum absolute atomic E-state index is 4.61. The van der Waals surface area contributed by atoms with Crippen LogP contribution in [-0.2, 0) is 13.1 Å². The predicted molar refractivity (Wildman–Crippen MR) is 102 cm³/mol. The molecule has 0 fully saturated rings. The highest BCUT2D eigenvalue weighted by Gasteiger charge is 1.99. The van der Waals surface area contributed by atoms with Gasteiger partial charge >= 0.3 is 0 Å². The van der Waals surface area contributed by atoms with Crippen molar-refractivity contribution in [1.29, 1.82) is 0 Å². The molecule has 0 aliphatic carbocycles. The maximum Gasteiger partial charge on any atom is 0.191 e. The van der Waals surface area contributed by atoms with Crippen LogP contribution in [-0.4, -0.2) is 23.6 Å². The zero-order chi connectivity index (χ0) is 14.2. The fourth-order valence-corrected chi connectivity index (χ4v) is 2.71. The van der Waals surface area contributed by atoms with E-state index in [1.165, 1.54) is 9.75 Å². The van der Waals surface area contributed by atoms with Crippen molar-refractivity contribution in [1.82, 2.24) is 15.2 Å². The Kier molecular flexibility index (Phi) is 8.44. The molecule has 2 N–H and O–H groups in total. The van der Waals surface area contributed by atoms with Gasteiger partial charge in [0.15, 0.2) is 5.96 Å². The first-order chi connectivity index (χ1) is 9.78. The number of aryl methyl sites for hydroxylation is 1. The molecule has 0 unspecified atom stereocenters. The van der Waals surface area contributed by atoms with Gasteiger partial charge < -0.3 is 15.2 Å². The van der Waals surface area contributed by atoms with Gasteiger partial charge in [0.25, 0.3) is 0 Å². The molecule has 0 aromatic carbocycles. The molecule has 2 heterocycles. The summed E-state index contributed by atoms with van der Waals surface area (Å²) in [6.07, 6.45) is 4.14. The minimum absolute atomic E-state index is 0. The summed E-state index contributed by atoms with van der Waals surface area (Å²) in [6.45, 7) is 7.62. The van der Waals surface area contributed by atoms with Crippen molar-refractivity contribution in [2.24, 2.45) is 4.99 Å². The van der Waals surface area contributed by atoms with Crippen LogP contribution >= 0.6 is 35.3 Å². The lowest BCUT2D eigenvalue weighted by molar-refractivity contribution is 0.666. The summed E-state index contributed by atoms with van der Waals surface area (Å²) in [5, 5.41) is 6.63. The first-order valence-electron chi connectivity index (χ1n) is 6.96. The molecule has 0 spiro atoms. The molecule has 0 bridgehead atoms. The Bertz CT molecular complexity index is 534. The van der Waals surface area contributed by atoms with Crippen molar-refractivity contribution in [2.45, 2.75) is 26.9 Å². The van der Waals surface area contributed by atoms with E-state index in [9.17, 15) is 0 Å². The number of nitrogens with one attached hydrogen (secondary N) is 2. The third-order valence-corrected chi connectivity index (χ3v) is 3.85. The average Bonchev–Trinajstić information content (AvgIpc) is 3.07. The molecule has 6 heteroatoms. The fourth-order valence-electron chi connectivity index (χ4n) is 1.89. The Hall–Kier alpha value is -1.02. The van der Waals surface area contributed by atoms with E-state index in [2.05, 4.69) is 58.6 Å². The standard InChI is InChI=1S/C15H22N4S.HI/c1-3-16-15(17-8-11-19-9-4-5-10-19)18-12-14-7-6-13(2)20-14;/h4-7,9-10H,3,8,11-12H2,1-2H3,(H2,16,17,18);1H. The molecule has 0 saturated carbocycles. The number of rotatable bonds is 6. The van der Waals surface area contributed by atoms with Crippen LogP contribution in [0.3, 0.4) is 0 Å². The smallest absolute Gasteiger partial charge is 0.191 e. The zero-order valence-corrected chi connectivity index (χ0v) is 15.7. The molecule has 2 rings (SSSR count). The topological polar surface area (TPSA) is 41.4 Å². The minimum atomic E-state index is 0. The molecule has 0 amide bonds. The highest BCUT2D eigenvalue weighted by Crippen LogP contribution is 2.15. The number of aliphatic imine (C=N–C) groups is 1. The van der Waals surface area contributed by atoms with Crippen LogP contribution in [0.1, 0.15) is 16.7 Å². The van der Waals surface area contributed by atoms with Crippen LogP contribution in [0.2, 0.25) is 0 Å². The average molecular weight is 418 g/mol. The van der Waals surface area contributed by atoms with Gasteiger partial charge in [-0.3, -0.25) is 0 Å². The van der Waals surface area contributed by atoms with Crippen molar-refractivity contribution in [3.05, 3.63) is 46.4 Å². The number of guanidine groups is 1. The second-order valence-corrected chi connectivity index (χ2v) is 5.93.